The molecule has 1 N–H and O–H groups in total. The van der Waals surface area contributed by atoms with Crippen LogP contribution in [0.5, 0.6) is 11.5 Å². The molecule has 2 fully saturated rings. The minimum absolute atomic E-state index is 0.0867. The number of nitrogens with zero attached hydrogens (tertiary/aromatic N) is 1. The monoisotopic (exact) mass is 420 g/mol. The summed E-state index contributed by atoms with van der Waals surface area (Å²) in [5.74, 6) is 1.19. The third-order valence-electron chi connectivity index (χ3n) is 6.16. The molecule has 2 amide bonds. The molecule has 2 aromatic rings. The van der Waals surface area contributed by atoms with E-state index in [1.165, 1.54) is 0 Å². The first kappa shape index (κ1) is 21.0. The molecule has 1 saturated carbocycles. The molecule has 1 aliphatic carbocycles. The minimum Gasteiger partial charge on any atom is -0.497 e. The molecule has 0 radical (unpaired) electrons. The number of carbonyl (C=O) groups is 2. The van der Waals surface area contributed by atoms with Crippen LogP contribution in [-0.2, 0) is 9.59 Å². The molecule has 31 heavy (non-hydrogen) atoms. The van der Waals surface area contributed by atoms with Gasteiger partial charge in [0.25, 0.3) is 5.91 Å². The van der Waals surface area contributed by atoms with E-state index < -0.39 is 5.54 Å². The molecule has 4 rings (SSSR count). The van der Waals surface area contributed by atoms with Gasteiger partial charge in [-0.25, -0.2) is 0 Å². The Morgan fingerprint density at radius 1 is 1.06 bits per heavy atom. The summed E-state index contributed by atoms with van der Waals surface area (Å²) in [4.78, 5) is 27.8. The number of amides is 2. The Hall–Kier alpha value is -3.28. The van der Waals surface area contributed by atoms with Gasteiger partial charge in [0.1, 0.15) is 11.5 Å². The molecule has 2 aliphatic rings. The first-order valence-electron chi connectivity index (χ1n) is 10.7. The number of para-hydroxylation sites is 1. The maximum Gasteiger partial charge on any atom is 0.251 e. The molecule has 162 valence electrons. The van der Waals surface area contributed by atoms with E-state index in [2.05, 4.69) is 5.32 Å². The molecule has 1 unspecified atom stereocenters. The third-order valence-corrected chi connectivity index (χ3v) is 6.16. The molecule has 0 aromatic heterocycles. The number of ether oxygens (including phenoxy) is 2. The fourth-order valence-corrected chi connectivity index (χ4v) is 4.43. The van der Waals surface area contributed by atoms with E-state index in [0.29, 0.717) is 17.2 Å². The number of benzene rings is 2. The molecule has 1 heterocycles. The Morgan fingerprint density at radius 2 is 1.77 bits per heavy atom. The molecule has 1 saturated heterocycles. The number of hydrogen-bond donors (Lipinski definition) is 1. The fourth-order valence-electron chi connectivity index (χ4n) is 4.43. The van der Waals surface area contributed by atoms with Crippen LogP contribution < -0.4 is 19.7 Å². The Balaban J connectivity index is 1.70. The molecule has 2 aromatic carbocycles. The molecule has 6 heteroatoms. The Bertz CT molecular complexity index is 979. The zero-order valence-electron chi connectivity index (χ0n) is 18.0. The van der Waals surface area contributed by atoms with Crippen LogP contribution in [-0.4, -0.2) is 37.6 Å². The van der Waals surface area contributed by atoms with Gasteiger partial charge in [-0.15, -0.1) is 0 Å². The van der Waals surface area contributed by atoms with E-state index in [-0.39, 0.29) is 24.3 Å². The third kappa shape index (κ3) is 4.02. The van der Waals surface area contributed by atoms with Crippen molar-refractivity contribution in [2.75, 3.05) is 19.1 Å². The highest BCUT2D eigenvalue weighted by Crippen LogP contribution is 2.40. The topological polar surface area (TPSA) is 67.9 Å². The first-order chi connectivity index (χ1) is 15.1. The summed E-state index contributed by atoms with van der Waals surface area (Å²) in [7, 11) is 3.21. The molecular formula is C25H28N2O4. The van der Waals surface area contributed by atoms with Crippen LogP contribution in [0.1, 0.15) is 37.7 Å². The second-order valence-corrected chi connectivity index (χ2v) is 8.06. The molecular weight excluding hydrogens is 392 g/mol. The smallest absolute Gasteiger partial charge is 0.251 e. The van der Waals surface area contributed by atoms with E-state index in [1.54, 1.807) is 31.3 Å². The van der Waals surface area contributed by atoms with Crippen LogP contribution in [0.3, 0.4) is 0 Å². The summed E-state index contributed by atoms with van der Waals surface area (Å²) in [5.41, 5.74) is 0.449. The molecule has 0 bridgehead atoms. The van der Waals surface area contributed by atoms with Crippen LogP contribution in [0, 0.1) is 0 Å². The Labute approximate surface area is 182 Å². The second-order valence-electron chi connectivity index (χ2n) is 8.06. The van der Waals surface area contributed by atoms with Gasteiger partial charge in [-0.05, 0) is 49.2 Å². The quantitative estimate of drug-likeness (QED) is 0.689. The van der Waals surface area contributed by atoms with Crippen molar-refractivity contribution in [1.29, 1.82) is 0 Å². The lowest BCUT2D eigenvalue weighted by Gasteiger charge is -2.49. The predicted molar refractivity (Wildman–Crippen MR) is 120 cm³/mol. The molecule has 0 spiro atoms. The summed E-state index contributed by atoms with van der Waals surface area (Å²) in [6.45, 7) is 0. The first-order valence-corrected chi connectivity index (χ1v) is 10.7. The lowest BCUT2D eigenvalue weighted by atomic mass is 9.80. The summed E-state index contributed by atoms with van der Waals surface area (Å²) in [6.07, 6.45) is 8.04. The minimum atomic E-state index is -1.07. The average Bonchev–Trinajstić information content (AvgIpc) is 3.30. The summed E-state index contributed by atoms with van der Waals surface area (Å²) < 4.78 is 10.7. The van der Waals surface area contributed by atoms with Gasteiger partial charge < -0.3 is 14.8 Å². The number of anilines is 1. The van der Waals surface area contributed by atoms with Gasteiger partial charge in [0.15, 0.2) is 5.54 Å². The van der Waals surface area contributed by atoms with Crippen LogP contribution in [0.15, 0.2) is 54.6 Å². The van der Waals surface area contributed by atoms with Crippen molar-refractivity contribution in [2.24, 2.45) is 0 Å². The summed E-state index contributed by atoms with van der Waals surface area (Å²) in [6, 6.07) is 15.0. The highest BCUT2D eigenvalue weighted by Gasteiger charge is 2.56. The van der Waals surface area contributed by atoms with Crippen LogP contribution in [0.4, 0.5) is 5.69 Å². The summed E-state index contributed by atoms with van der Waals surface area (Å²) in [5, 5.41) is 3.19. The lowest BCUT2D eigenvalue weighted by molar-refractivity contribution is -0.137. The van der Waals surface area contributed by atoms with E-state index in [9.17, 15) is 9.59 Å². The van der Waals surface area contributed by atoms with Gasteiger partial charge in [-0.2, -0.15) is 0 Å². The van der Waals surface area contributed by atoms with E-state index >= 15 is 0 Å². The van der Waals surface area contributed by atoms with Gasteiger partial charge in [0.2, 0.25) is 5.91 Å². The number of carbonyl (C=O) groups excluding carboxylic acids is 2. The van der Waals surface area contributed by atoms with Crippen molar-refractivity contribution in [3.8, 4) is 11.5 Å². The molecule has 1 aliphatic heterocycles. The van der Waals surface area contributed by atoms with Gasteiger partial charge in [-0.3, -0.25) is 14.5 Å². The van der Waals surface area contributed by atoms with E-state index in [4.69, 9.17) is 9.47 Å². The maximum atomic E-state index is 13.5. The van der Waals surface area contributed by atoms with Crippen LogP contribution in [0.25, 0.3) is 6.08 Å². The van der Waals surface area contributed by atoms with Gasteiger partial charge >= 0.3 is 0 Å². The van der Waals surface area contributed by atoms with Crippen molar-refractivity contribution in [2.45, 2.75) is 43.7 Å². The largest absolute Gasteiger partial charge is 0.497 e. The number of methoxy groups -OCH3 is 2. The van der Waals surface area contributed by atoms with Crippen LogP contribution >= 0.6 is 0 Å². The maximum absolute atomic E-state index is 13.5. The molecule has 1 atom stereocenters. The lowest BCUT2D eigenvalue weighted by Crippen LogP contribution is -2.70. The van der Waals surface area contributed by atoms with Crippen LogP contribution in [0.2, 0.25) is 0 Å². The normalized spacial score (nSPS) is 21.2. The highest BCUT2D eigenvalue weighted by atomic mass is 16.5. The SMILES string of the molecule is COc1ccc(N2C(=O)CC2(/C=C/c2ccccc2OC)C(=O)NC2CCCC2)cc1. The number of hydrogen-bond acceptors (Lipinski definition) is 4. The van der Waals surface area contributed by atoms with E-state index in [0.717, 1.165) is 31.2 Å². The second kappa shape index (κ2) is 8.84. The van der Waals surface area contributed by atoms with Crippen molar-refractivity contribution < 1.29 is 19.1 Å². The Morgan fingerprint density at radius 3 is 2.42 bits per heavy atom. The number of β-lactam (4-membered cyclic amide) rings is 1. The summed E-state index contributed by atoms with van der Waals surface area (Å²) >= 11 is 0. The zero-order valence-corrected chi connectivity index (χ0v) is 18.0. The average molecular weight is 421 g/mol. The number of rotatable bonds is 7. The highest BCUT2D eigenvalue weighted by molar-refractivity contribution is 6.15. The van der Waals surface area contributed by atoms with Crippen molar-refractivity contribution in [3.63, 3.8) is 0 Å². The fraction of sp³-hybridized carbons (Fsp3) is 0.360. The van der Waals surface area contributed by atoms with Gasteiger partial charge in [0.05, 0.1) is 20.6 Å². The van der Waals surface area contributed by atoms with Crippen molar-refractivity contribution in [1.82, 2.24) is 5.32 Å². The Kier molecular flexibility index (Phi) is 5.98. The van der Waals surface area contributed by atoms with Gasteiger partial charge in [0, 0.05) is 17.3 Å². The van der Waals surface area contributed by atoms with Crippen molar-refractivity contribution >= 4 is 23.6 Å². The predicted octanol–water partition coefficient (Wildman–Crippen LogP) is 3.95. The standard InChI is InChI=1S/C25H28N2O4/c1-30-21-13-11-20(12-14-21)27-23(28)17-25(27,24(29)26-19-8-4-5-9-19)16-15-18-7-3-6-10-22(18)31-2/h3,6-7,10-16,19H,4-5,8-9,17H2,1-2H3,(H,26,29)/b16-15+. The zero-order chi connectivity index (χ0) is 21.8. The molecule has 6 nitrogen and oxygen atoms in total. The van der Waals surface area contributed by atoms with Gasteiger partial charge in [-0.1, -0.05) is 37.1 Å². The van der Waals surface area contributed by atoms with E-state index in [1.807, 2.05) is 48.6 Å². The number of nitrogens with one attached hydrogen (secondary N) is 1. The van der Waals surface area contributed by atoms with Crippen molar-refractivity contribution in [3.05, 3.63) is 60.2 Å².